The minimum atomic E-state index is -3.43. The second-order valence-electron chi connectivity index (χ2n) is 4.52. The van der Waals surface area contributed by atoms with E-state index in [1.807, 2.05) is 0 Å². The van der Waals surface area contributed by atoms with E-state index < -0.39 is 15.9 Å². The number of nitrogens with zero attached hydrogens (tertiary/aromatic N) is 1. The van der Waals surface area contributed by atoms with Gasteiger partial charge in [0.2, 0.25) is 15.9 Å². The maximum absolute atomic E-state index is 11.9. The molecular formula is C13H18Cl2N2O3S. The summed E-state index contributed by atoms with van der Waals surface area (Å²) in [4.78, 5) is 11.8. The predicted molar refractivity (Wildman–Crippen MR) is 86.5 cm³/mol. The molecular weight excluding hydrogens is 335 g/mol. The number of hydrogen-bond donors (Lipinski definition) is 1. The number of carbonyl (C=O) groups is 1. The average molecular weight is 353 g/mol. The largest absolute Gasteiger partial charge is 0.325 e. The summed E-state index contributed by atoms with van der Waals surface area (Å²) in [7, 11) is -2.05. The van der Waals surface area contributed by atoms with E-state index in [9.17, 15) is 13.2 Å². The molecule has 0 aromatic heterocycles. The number of alkyl halides is 1. The van der Waals surface area contributed by atoms with Gasteiger partial charge in [0.25, 0.3) is 0 Å². The highest BCUT2D eigenvalue weighted by Gasteiger charge is 2.20. The van der Waals surface area contributed by atoms with E-state index in [1.165, 1.54) is 7.05 Å². The number of carbonyl (C=O) groups excluding carboxylic acids is 1. The summed E-state index contributed by atoms with van der Waals surface area (Å²) in [6, 6.07) is 6.58. The van der Waals surface area contributed by atoms with Crippen molar-refractivity contribution in [3.05, 3.63) is 29.3 Å². The number of benzene rings is 1. The third kappa shape index (κ3) is 6.65. The molecule has 118 valence electrons. The fraction of sp³-hybridized carbons (Fsp3) is 0.462. The highest BCUT2D eigenvalue weighted by atomic mass is 35.5. The number of halogens is 2. The zero-order valence-corrected chi connectivity index (χ0v) is 14.0. The van der Waals surface area contributed by atoms with E-state index in [0.29, 0.717) is 29.4 Å². The van der Waals surface area contributed by atoms with Gasteiger partial charge in [-0.25, -0.2) is 8.42 Å². The normalized spacial score (nSPS) is 11.6. The number of rotatable bonds is 8. The first kappa shape index (κ1) is 18.2. The minimum absolute atomic E-state index is 0.00948. The van der Waals surface area contributed by atoms with Crippen LogP contribution in [0, 0.1) is 0 Å². The van der Waals surface area contributed by atoms with E-state index in [2.05, 4.69) is 5.32 Å². The Morgan fingerprint density at radius 1 is 1.24 bits per heavy atom. The molecule has 0 fully saturated rings. The highest BCUT2D eigenvalue weighted by molar-refractivity contribution is 7.89. The summed E-state index contributed by atoms with van der Waals surface area (Å²) in [6.45, 7) is -0.230. The van der Waals surface area contributed by atoms with Gasteiger partial charge in [-0.3, -0.25) is 4.79 Å². The van der Waals surface area contributed by atoms with Crippen molar-refractivity contribution in [1.82, 2.24) is 4.31 Å². The van der Waals surface area contributed by atoms with Gasteiger partial charge in [0.1, 0.15) is 0 Å². The van der Waals surface area contributed by atoms with Crippen molar-refractivity contribution in [1.29, 1.82) is 0 Å². The van der Waals surface area contributed by atoms with Crippen LogP contribution in [0.2, 0.25) is 5.02 Å². The molecule has 5 nitrogen and oxygen atoms in total. The third-order valence-corrected chi connectivity index (χ3v) is 5.16. The summed E-state index contributed by atoms with van der Waals surface area (Å²) in [6.07, 6.45) is 1.11. The molecule has 0 aliphatic rings. The maximum Gasteiger partial charge on any atom is 0.239 e. The molecule has 1 aromatic carbocycles. The molecule has 0 spiro atoms. The summed E-state index contributed by atoms with van der Waals surface area (Å²) in [5.41, 5.74) is 0.567. The van der Waals surface area contributed by atoms with Crippen molar-refractivity contribution in [3.8, 4) is 0 Å². The van der Waals surface area contributed by atoms with Crippen LogP contribution in [0.4, 0.5) is 5.69 Å². The molecule has 1 N–H and O–H groups in total. The molecule has 1 rings (SSSR count). The molecule has 0 atom stereocenters. The number of nitrogens with one attached hydrogen (secondary N) is 1. The fourth-order valence-electron chi connectivity index (χ4n) is 1.57. The lowest BCUT2D eigenvalue weighted by atomic mass is 10.3. The summed E-state index contributed by atoms with van der Waals surface area (Å²) >= 11 is 11.3. The summed E-state index contributed by atoms with van der Waals surface area (Å²) in [5, 5.41) is 3.18. The van der Waals surface area contributed by atoms with Crippen LogP contribution in [0.1, 0.15) is 12.8 Å². The second-order valence-corrected chi connectivity index (χ2v) is 7.53. The van der Waals surface area contributed by atoms with Crippen LogP contribution in [-0.2, 0) is 14.8 Å². The smallest absolute Gasteiger partial charge is 0.239 e. The Kier molecular flexibility index (Phi) is 7.45. The molecule has 0 aliphatic heterocycles. The lowest BCUT2D eigenvalue weighted by Gasteiger charge is -2.16. The SMILES string of the molecule is CN(CC(=O)Nc1ccc(Cl)cc1)S(=O)(=O)CCCCCl. The lowest BCUT2D eigenvalue weighted by molar-refractivity contribution is -0.116. The Bertz CT molecular complexity index is 561. The number of unbranched alkanes of at least 4 members (excludes halogenated alkanes) is 1. The van der Waals surface area contributed by atoms with Crippen molar-refractivity contribution in [2.75, 3.05) is 30.5 Å². The molecule has 0 bridgehead atoms. The minimum Gasteiger partial charge on any atom is -0.325 e. The molecule has 8 heteroatoms. The van der Waals surface area contributed by atoms with Crippen LogP contribution in [0.5, 0.6) is 0 Å². The van der Waals surface area contributed by atoms with Gasteiger partial charge in [0, 0.05) is 23.6 Å². The van der Waals surface area contributed by atoms with Gasteiger partial charge in [-0.15, -0.1) is 11.6 Å². The van der Waals surface area contributed by atoms with E-state index in [1.54, 1.807) is 24.3 Å². The third-order valence-electron chi connectivity index (χ3n) is 2.76. The van der Waals surface area contributed by atoms with E-state index in [4.69, 9.17) is 23.2 Å². The zero-order valence-electron chi connectivity index (χ0n) is 11.7. The fourth-order valence-corrected chi connectivity index (χ4v) is 3.08. The van der Waals surface area contributed by atoms with Gasteiger partial charge in [-0.05, 0) is 37.1 Å². The maximum atomic E-state index is 11.9. The van der Waals surface area contributed by atoms with E-state index >= 15 is 0 Å². The van der Waals surface area contributed by atoms with Crippen LogP contribution < -0.4 is 5.32 Å². The zero-order chi connectivity index (χ0) is 15.9. The van der Waals surface area contributed by atoms with Crippen LogP contribution in [0.3, 0.4) is 0 Å². The number of anilines is 1. The Morgan fingerprint density at radius 2 is 1.86 bits per heavy atom. The first-order chi connectivity index (χ1) is 9.85. The van der Waals surface area contributed by atoms with Crippen molar-refractivity contribution in [2.45, 2.75) is 12.8 Å². The Balaban J connectivity index is 2.51. The van der Waals surface area contributed by atoms with Crippen molar-refractivity contribution in [2.24, 2.45) is 0 Å². The van der Waals surface area contributed by atoms with Crippen molar-refractivity contribution < 1.29 is 13.2 Å². The van der Waals surface area contributed by atoms with Gasteiger partial charge in [0.05, 0.1) is 12.3 Å². The van der Waals surface area contributed by atoms with Gasteiger partial charge in [0.15, 0.2) is 0 Å². The Hall–Kier alpha value is -0.820. The van der Waals surface area contributed by atoms with Crippen LogP contribution >= 0.6 is 23.2 Å². The quantitative estimate of drug-likeness (QED) is 0.577. The number of likely N-dealkylation sites (N-methyl/N-ethyl adjacent to an activating group) is 1. The average Bonchev–Trinajstić information content (AvgIpc) is 2.41. The Labute approximate surface area is 135 Å². The first-order valence-corrected chi connectivity index (χ1v) is 8.92. The van der Waals surface area contributed by atoms with Gasteiger partial charge in [-0.1, -0.05) is 11.6 Å². The number of sulfonamides is 1. The topological polar surface area (TPSA) is 66.5 Å². The van der Waals surface area contributed by atoms with Crippen LogP contribution in [-0.4, -0.2) is 43.9 Å². The van der Waals surface area contributed by atoms with Crippen LogP contribution in [0.15, 0.2) is 24.3 Å². The van der Waals surface area contributed by atoms with Crippen molar-refractivity contribution in [3.63, 3.8) is 0 Å². The van der Waals surface area contributed by atoms with E-state index in [-0.39, 0.29) is 12.3 Å². The molecule has 1 amide bonds. The summed E-state index contributed by atoms with van der Waals surface area (Å²) in [5.74, 6) is 0.0153. The van der Waals surface area contributed by atoms with Gasteiger partial charge < -0.3 is 5.32 Å². The first-order valence-electron chi connectivity index (χ1n) is 6.40. The molecule has 0 saturated heterocycles. The lowest BCUT2D eigenvalue weighted by Crippen LogP contribution is -2.36. The number of hydrogen-bond acceptors (Lipinski definition) is 3. The molecule has 0 saturated carbocycles. The standard InChI is InChI=1S/C13H18Cl2N2O3S/c1-17(21(19,20)9-3-2-8-14)10-13(18)16-12-6-4-11(15)5-7-12/h4-7H,2-3,8-10H2,1H3,(H,16,18). The molecule has 0 radical (unpaired) electrons. The highest BCUT2D eigenvalue weighted by Crippen LogP contribution is 2.13. The predicted octanol–water partition coefficient (Wildman–Crippen LogP) is 2.56. The van der Waals surface area contributed by atoms with Crippen molar-refractivity contribution >= 4 is 44.8 Å². The number of amides is 1. The molecule has 1 aromatic rings. The Morgan fingerprint density at radius 3 is 2.43 bits per heavy atom. The molecule has 21 heavy (non-hydrogen) atoms. The van der Waals surface area contributed by atoms with Gasteiger partial charge in [-0.2, -0.15) is 4.31 Å². The summed E-state index contributed by atoms with van der Waals surface area (Å²) < 4.78 is 24.9. The monoisotopic (exact) mass is 352 g/mol. The molecule has 0 heterocycles. The molecule has 0 unspecified atom stereocenters. The van der Waals surface area contributed by atoms with E-state index in [0.717, 1.165) is 4.31 Å². The van der Waals surface area contributed by atoms with Gasteiger partial charge >= 0.3 is 0 Å². The molecule has 0 aliphatic carbocycles. The second kappa shape index (κ2) is 8.58. The van der Waals surface area contributed by atoms with Crippen LogP contribution in [0.25, 0.3) is 0 Å².